The molecule has 75 heavy (non-hydrogen) atoms. The number of aryl methyl sites for hydroxylation is 4. The summed E-state index contributed by atoms with van der Waals surface area (Å²) in [4.78, 5) is 9.48. The summed E-state index contributed by atoms with van der Waals surface area (Å²) in [5.74, 6) is 0. The van der Waals surface area contributed by atoms with E-state index in [9.17, 15) is 0 Å². The van der Waals surface area contributed by atoms with Gasteiger partial charge in [0.25, 0.3) is 0 Å². The van der Waals surface area contributed by atoms with E-state index >= 15 is 0 Å². The van der Waals surface area contributed by atoms with Gasteiger partial charge in [-0.3, -0.25) is 0 Å². The molecule has 0 aliphatic heterocycles. The fraction of sp³-hybridized carbons (Fsp3) is 0.0571. The molecule has 0 aliphatic rings. The minimum atomic E-state index is 1.07. The van der Waals surface area contributed by atoms with Gasteiger partial charge in [0, 0.05) is 88.4 Å². The molecule has 11 aromatic carbocycles. The largest absolute Gasteiger partial charge is 0.310 e. The number of benzene rings is 11. The van der Waals surface area contributed by atoms with Crippen molar-refractivity contribution in [3.8, 4) is 11.1 Å². The molecule has 0 aliphatic carbocycles. The summed E-state index contributed by atoms with van der Waals surface area (Å²) in [6.07, 6.45) is 0. The van der Waals surface area contributed by atoms with Crippen molar-refractivity contribution in [3.05, 3.63) is 289 Å². The van der Waals surface area contributed by atoms with E-state index in [1.54, 1.807) is 0 Å². The van der Waals surface area contributed by atoms with Crippen LogP contribution in [0.3, 0.4) is 0 Å². The number of anilines is 12. The Balaban J connectivity index is 0.999. The first kappa shape index (κ1) is 46.9. The van der Waals surface area contributed by atoms with Gasteiger partial charge in [-0.1, -0.05) is 144 Å². The van der Waals surface area contributed by atoms with Gasteiger partial charge < -0.3 is 19.6 Å². The van der Waals surface area contributed by atoms with E-state index < -0.39 is 0 Å². The SMILES string of the molecule is Cc1ccc(N(c2ccc(C)cc2)c2cc(-c3ccc4sc5cc(N(c6ccccc6)c6cccc(N(c7ccccc7)c7ccccc7)c6)ccc5c4c3)cc(N(c3ccc(C)cc3)c3ccc(C)cc3)c2)cc1. The van der Waals surface area contributed by atoms with Crippen LogP contribution in [-0.4, -0.2) is 0 Å². The Hall–Kier alpha value is -9.16. The van der Waals surface area contributed by atoms with Crippen molar-refractivity contribution < 1.29 is 0 Å². The van der Waals surface area contributed by atoms with Crippen molar-refractivity contribution in [2.45, 2.75) is 27.7 Å². The van der Waals surface area contributed by atoms with Crippen LogP contribution in [0.2, 0.25) is 0 Å². The van der Waals surface area contributed by atoms with Gasteiger partial charge in [0.1, 0.15) is 0 Å². The molecule has 0 saturated heterocycles. The highest BCUT2D eigenvalue weighted by Gasteiger charge is 2.22. The van der Waals surface area contributed by atoms with E-state index in [1.807, 2.05) is 11.3 Å². The Bertz CT molecular complexity index is 3670. The maximum Gasteiger partial charge on any atom is 0.0488 e. The van der Waals surface area contributed by atoms with E-state index in [0.29, 0.717) is 0 Å². The molecule has 0 bridgehead atoms. The van der Waals surface area contributed by atoms with Crippen LogP contribution in [0.25, 0.3) is 31.3 Å². The molecule has 0 amide bonds. The quantitative estimate of drug-likeness (QED) is 0.114. The van der Waals surface area contributed by atoms with Gasteiger partial charge in [0.05, 0.1) is 0 Å². The molecule has 0 atom stereocenters. The molecular formula is C70H56N4S. The fourth-order valence-corrected chi connectivity index (χ4v) is 11.3. The van der Waals surface area contributed by atoms with E-state index in [1.165, 1.54) is 42.4 Å². The van der Waals surface area contributed by atoms with Crippen molar-refractivity contribution in [3.63, 3.8) is 0 Å². The van der Waals surface area contributed by atoms with Crippen LogP contribution in [0.1, 0.15) is 22.3 Å². The summed E-state index contributed by atoms with van der Waals surface area (Å²) < 4.78 is 2.48. The van der Waals surface area contributed by atoms with E-state index in [4.69, 9.17) is 0 Å². The smallest absolute Gasteiger partial charge is 0.0488 e. The zero-order valence-electron chi connectivity index (χ0n) is 42.6. The Morgan fingerprint density at radius 2 is 0.547 bits per heavy atom. The Morgan fingerprint density at radius 3 is 0.973 bits per heavy atom. The molecule has 12 rings (SSSR count). The lowest BCUT2D eigenvalue weighted by molar-refractivity contribution is 1.24. The standard InChI is InChI=1S/C70H56N4S/c1-49-23-32-58(33-24-49)72(59-34-25-50(2)26-35-59)65-43-54(44-66(47-65)73(60-36-27-51(3)28-37-60)61-38-29-52(4)30-39-61)53-31-42-69-68(45-53)67-41-40-64(48-70(67)75-69)74(57-19-12-7-13-20-57)63-22-14-21-62(46-63)71(55-15-8-5-9-16-55)56-17-10-6-11-18-56/h5-48H,1-4H3. The van der Waals surface area contributed by atoms with Gasteiger partial charge in [-0.15, -0.1) is 11.3 Å². The minimum Gasteiger partial charge on any atom is -0.310 e. The Labute approximate surface area is 444 Å². The molecule has 0 radical (unpaired) electrons. The summed E-state index contributed by atoms with van der Waals surface area (Å²) in [6, 6.07) is 97.4. The van der Waals surface area contributed by atoms with Gasteiger partial charge in [-0.2, -0.15) is 0 Å². The normalized spacial score (nSPS) is 11.2. The first-order chi connectivity index (χ1) is 36.8. The minimum absolute atomic E-state index is 1.07. The predicted octanol–water partition coefficient (Wildman–Crippen LogP) is 20.8. The summed E-state index contributed by atoms with van der Waals surface area (Å²) in [6.45, 7) is 8.59. The van der Waals surface area contributed by atoms with Crippen LogP contribution >= 0.6 is 11.3 Å². The highest BCUT2D eigenvalue weighted by atomic mass is 32.1. The van der Waals surface area contributed by atoms with E-state index in [0.717, 1.165) is 79.4 Å². The number of thiophene rings is 1. The molecular weight excluding hydrogens is 929 g/mol. The first-order valence-corrected chi connectivity index (χ1v) is 26.5. The molecule has 0 N–H and O–H groups in total. The van der Waals surface area contributed by atoms with Crippen molar-refractivity contribution in [1.29, 1.82) is 0 Å². The number of nitrogens with zero attached hydrogens (tertiary/aromatic N) is 4. The van der Waals surface area contributed by atoms with Gasteiger partial charge in [0.15, 0.2) is 0 Å². The third-order valence-corrected chi connectivity index (χ3v) is 15.2. The average molecular weight is 985 g/mol. The van der Waals surface area contributed by atoms with Gasteiger partial charge in [0.2, 0.25) is 0 Å². The Kier molecular flexibility index (Phi) is 12.7. The molecule has 4 nitrogen and oxygen atoms in total. The third-order valence-electron chi connectivity index (χ3n) is 14.0. The highest BCUT2D eigenvalue weighted by Crippen LogP contribution is 2.47. The number of para-hydroxylation sites is 3. The van der Waals surface area contributed by atoms with E-state index in [2.05, 4.69) is 314 Å². The molecule has 1 heterocycles. The molecule has 12 aromatic rings. The molecule has 1 aromatic heterocycles. The Morgan fingerprint density at radius 1 is 0.213 bits per heavy atom. The molecule has 0 unspecified atom stereocenters. The molecule has 0 fully saturated rings. The summed E-state index contributed by atoms with van der Waals surface area (Å²) in [7, 11) is 0. The second-order valence-corrected chi connectivity index (χ2v) is 20.5. The number of hydrogen-bond acceptors (Lipinski definition) is 5. The first-order valence-electron chi connectivity index (χ1n) is 25.6. The van der Waals surface area contributed by atoms with Crippen LogP contribution < -0.4 is 19.6 Å². The van der Waals surface area contributed by atoms with Gasteiger partial charge in [-0.25, -0.2) is 0 Å². The molecule has 0 spiro atoms. The van der Waals surface area contributed by atoms with E-state index in [-0.39, 0.29) is 0 Å². The number of fused-ring (bicyclic) bond motifs is 3. The van der Waals surface area contributed by atoms with Crippen molar-refractivity contribution >= 4 is 99.8 Å². The maximum atomic E-state index is 2.40. The monoisotopic (exact) mass is 984 g/mol. The predicted molar refractivity (Wildman–Crippen MR) is 322 cm³/mol. The maximum absolute atomic E-state index is 2.40. The number of rotatable bonds is 13. The zero-order valence-corrected chi connectivity index (χ0v) is 43.4. The van der Waals surface area contributed by atoms with Crippen molar-refractivity contribution in [2.24, 2.45) is 0 Å². The lowest BCUT2D eigenvalue weighted by atomic mass is 9.99. The topological polar surface area (TPSA) is 13.0 Å². The van der Waals surface area contributed by atoms with Gasteiger partial charge in [-0.05, 0) is 184 Å². The second-order valence-electron chi connectivity index (χ2n) is 19.4. The fourth-order valence-electron chi connectivity index (χ4n) is 10.2. The van der Waals surface area contributed by atoms with Gasteiger partial charge >= 0.3 is 0 Å². The molecule has 362 valence electrons. The lowest BCUT2D eigenvalue weighted by Gasteiger charge is -2.30. The number of hydrogen-bond donors (Lipinski definition) is 0. The van der Waals surface area contributed by atoms with Crippen molar-refractivity contribution in [1.82, 2.24) is 0 Å². The average Bonchev–Trinajstić information content (AvgIpc) is 3.82. The van der Waals surface area contributed by atoms with Crippen LogP contribution in [-0.2, 0) is 0 Å². The van der Waals surface area contributed by atoms with Crippen LogP contribution in [0.15, 0.2) is 267 Å². The summed E-state index contributed by atoms with van der Waals surface area (Å²) in [5.41, 5.74) is 20.3. The molecule has 0 saturated carbocycles. The highest BCUT2D eigenvalue weighted by molar-refractivity contribution is 7.25. The summed E-state index contributed by atoms with van der Waals surface area (Å²) >= 11 is 1.85. The van der Waals surface area contributed by atoms with Crippen LogP contribution in [0, 0.1) is 27.7 Å². The van der Waals surface area contributed by atoms with Crippen molar-refractivity contribution in [2.75, 3.05) is 19.6 Å². The molecule has 5 heteroatoms. The second kappa shape index (κ2) is 20.4. The third kappa shape index (κ3) is 9.66. The zero-order chi connectivity index (χ0) is 50.8. The van der Waals surface area contributed by atoms with Crippen LogP contribution in [0.5, 0.6) is 0 Å². The summed E-state index contributed by atoms with van der Waals surface area (Å²) in [5, 5.41) is 2.48. The van der Waals surface area contributed by atoms with Crippen LogP contribution in [0.4, 0.5) is 68.2 Å². The lowest BCUT2D eigenvalue weighted by Crippen LogP contribution is -2.13.